The van der Waals surface area contributed by atoms with E-state index in [0.29, 0.717) is 26.1 Å². The topological polar surface area (TPSA) is 84.9 Å². The van der Waals surface area contributed by atoms with Crippen LogP contribution >= 0.6 is 0 Å². The smallest absolute Gasteiger partial charge is 0.308 e. The maximum absolute atomic E-state index is 12.3. The Bertz CT molecular complexity index is 513. The molecule has 0 bridgehead atoms. The number of aliphatic carboxylic acids is 1. The second-order valence-corrected chi connectivity index (χ2v) is 5.67. The Morgan fingerprint density at radius 1 is 1.30 bits per heavy atom. The minimum absolute atomic E-state index is 0.0271. The van der Waals surface area contributed by atoms with Crippen LogP contribution in [0.1, 0.15) is 24.5 Å². The molecule has 0 radical (unpaired) electrons. The van der Waals surface area contributed by atoms with E-state index in [1.165, 1.54) is 7.11 Å². The van der Waals surface area contributed by atoms with Crippen molar-refractivity contribution in [3.05, 3.63) is 35.9 Å². The Morgan fingerprint density at radius 3 is 2.52 bits per heavy atom. The van der Waals surface area contributed by atoms with Gasteiger partial charge in [0, 0.05) is 26.9 Å². The molecule has 2 N–H and O–H groups in total. The molecule has 0 spiro atoms. The number of methoxy groups -OCH3 is 1. The summed E-state index contributed by atoms with van der Waals surface area (Å²) in [5, 5.41) is 12.2. The van der Waals surface area contributed by atoms with Gasteiger partial charge in [-0.1, -0.05) is 30.3 Å². The minimum atomic E-state index is -0.883. The molecule has 2 rings (SSSR count). The molecule has 1 aliphatic rings. The highest BCUT2D eigenvalue weighted by molar-refractivity contribution is 5.82. The van der Waals surface area contributed by atoms with Crippen LogP contribution in [0, 0.1) is 11.8 Å². The molecule has 2 unspecified atom stereocenters. The van der Waals surface area contributed by atoms with Gasteiger partial charge in [0.1, 0.15) is 0 Å². The van der Waals surface area contributed by atoms with Gasteiger partial charge in [-0.3, -0.25) is 9.59 Å². The number of carboxylic acids is 1. The Morgan fingerprint density at radius 2 is 1.96 bits per heavy atom. The van der Waals surface area contributed by atoms with Crippen molar-refractivity contribution in [3.8, 4) is 0 Å². The maximum Gasteiger partial charge on any atom is 0.308 e. The molecule has 0 aromatic heterocycles. The largest absolute Gasteiger partial charge is 0.481 e. The van der Waals surface area contributed by atoms with Crippen molar-refractivity contribution in [1.29, 1.82) is 0 Å². The van der Waals surface area contributed by atoms with Crippen LogP contribution in [-0.2, 0) is 19.1 Å². The summed E-state index contributed by atoms with van der Waals surface area (Å²) >= 11 is 0. The molecule has 1 amide bonds. The molecule has 126 valence electrons. The number of nitrogens with one attached hydrogen (secondary N) is 1. The predicted molar refractivity (Wildman–Crippen MR) is 83.9 cm³/mol. The lowest BCUT2D eigenvalue weighted by molar-refractivity contribution is -0.145. The molecule has 1 aliphatic heterocycles. The zero-order valence-electron chi connectivity index (χ0n) is 13.2. The average molecular weight is 321 g/mol. The second kappa shape index (κ2) is 8.64. The van der Waals surface area contributed by atoms with Gasteiger partial charge in [-0.05, 0) is 24.3 Å². The lowest BCUT2D eigenvalue weighted by Gasteiger charge is -2.28. The molecular formula is C17H23NO5. The molecule has 1 fully saturated rings. The van der Waals surface area contributed by atoms with E-state index in [-0.39, 0.29) is 18.4 Å². The highest BCUT2D eigenvalue weighted by atomic mass is 16.5. The number of ether oxygens (including phenoxy) is 2. The van der Waals surface area contributed by atoms with Crippen molar-refractivity contribution in [2.75, 3.05) is 26.9 Å². The number of carbonyl (C=O) groups excluding carboxylic acids is 1. The first kappa shape index (κ1) is 17.4. The number of hydrogen-bond acceptors (Lipinski definition) is 4. The zero-order valence-corrected chi connectivity index (χ0v) is 13.2. The van der Waals surface area contributed by atoms with Gasteiger partial charge < -0.3 is 19.9 Å². The molecule has 1 aromatic rings. The standard InChI is InChI=1S/C17H23NO5/c1-22-15(13-5-3-2-4-6-13)16(19)18-11-14(17(20)21)12-7-9-23-10-8-12/h2-6,12,14-15H,7-11H2,1H3,(H,18,19)(H,20,21). The number of rotatable bonds is 7. The summed E-state index contributed by atoms with van der Waals surface area (Å²) in [6, 6.07) is 9.13. The van der Waals surface area contributed by atoms with Gasteiger partial charge in [0.15, 0.2) is 6.10 Å². The van der Waals surface area contributed by atoms with Crippen molar-refractivity contribution in [3.63, 3.8) is 0 Å². The van der Waals surface area contributed by atoms with Crippen LogP contribution in [0.5, 0.6) is 0 Å². The molecule has 0 aliphatic carbocycles. The Kier molecular flexibility index (Phi) is 6.55. The summed E-state index contributed by atoms with van der Waals surface area (Å²) in [5.74, 6) is -1.78. The lowest BCUT2D eigenvalue weighted by atomic mass is 9.86. The van der Waals surface area contributed by atoms with Gasteiger partial charge in [0.25, 0.3) is 5.91 Å². The summed E-state index contributed by atoms with van der Waals surface area (Å²) in [6.07, 6.45) is 0.679. The van der Waals surface area contributed by atoms with Gasteiger partial charge in [-0.25, -0.2) is 0 Å². The van der Waals surface area contributed by atoms with E-state index in [0.717, 1.165) is 5.56 Å². The molecule has 1 aromatic carbocycles. The first-order valence-corrected chi connectivity index (χ1v) is 7.79. The molecule has 6 nitrogen and oxygen atoms in total. The average Bonchev–Trinajstić information content (AvgIpc) is 2.57. The first-order chi connectivity index (χ1) is 11.1. The summed E-state index contributed by atoms with van der Waals surface area (Å²) < 4.78 is 10.5. The van der Waals surface area contributed by atoms with E-state index in [2.05, 4.69) is 5.32 Å². The maximum atomic E-state index is 12.3. The molecule has 1 saturated heterocycles. The van der Waals surface area contributed by atoms with Crippen LogP contribution in [0.3, 0.4) is 0 Å². The van der Waals surface area contributed by atoms with Crippen LogP contribution < -0.4 is 5.32 Å². The first-order valence-electron chi connectivity index (χ1n) is 7.79. The SMILES string of the molecule is COC(C(=O)NCC(C(=O)O)C1CCOCC1)c1ccccc1. The van der Waals surface area contributed by atoms with Crippen LogP contribution in [0.4, 0.5) is 0 Å². The fourth-order valence-electron chi connectivity index (χ4n) is 2.90. The van der Waals surface area contributed by atoms with E-state index in [9.17, 15) is 14.7 Å². The molecule has 1 heterocycles. The Hall–Kier alpha value is -1.92. The third-order valence-corrected chi connectivity index (χ3v) is 4.22. The van der Waals surface area contributed by atoms with Crippen molar-refractivity contribution in [2.24, 2.45) is 11.8 Å². The summed E-state index contributed by atoms with van der Waals surface area (Å²) in [5.41, 5.74) is 0.741. The lowest BCUT2D eigenvalue weighted by Crippen LogP contribution is -2.40. The van der Waals surface area contributed by atoms with Gasteiger partial charge in [0.05, 0.1) is 5.92 Å². The van der Waals surface area contributed by atoms with Crippen molar-refractivity contribution in [1.82, 2.24) is 5.32 Å². The molecule has 23 heavy (non-hydrogen) atoms. The number of carboxylic acid groups (broad SMARTS) is 1. The van der Waals surface area contributed by atoms with Crippen molar-refractivity contribution in [2.45, 2.75) is 18.9 Å². The number of benzene rings is 1. The van der Waals surface area contributed by atoms with Crippen LogP contribution in [0.15, 0.2) is 30.3 Å². The summed E-state index contributed by atoms with van der Waals surface area (Å²) in [7, 11) is 1.46. The zero-order chi connectivity index (χ0) is 16.7. The van der Waals surface area contributed by atoms with Crippen LogP contribution in [0.2, 0.25) is 0 Å². The fraction of sp³-hybridized carbons (Fsp3) is 0.529. The highest BCUT2D eigenvalue weighted by Crippen LogP contribution is 2.24. The Labute approximate surface area is 135 Å². The van der Waals surface area contributed by atoms with Gasteiger partial charge in [0.2, 0.25) is 0 Å². The molecule has 0 saturated carbocycles. The third kappa shape index (κ3) is 4.77. The van der Waals surface area contributed by atoms with Gasteiger partial charge >= 0.3 is 5.97 Å². The van der Waals surface area contributed by atoms with Crippen molar-refractivity contribution < 1.29 is 24.2 Å². The second-order valence-electron chi connectivity index (χ2n) is 5.67. The highest BCUT2D eigenvalue weighted by Gasteiger charge is 2.31. The van der Waals surface area contributed by atoms with Crippen LogP contribution in [0.25, 0.3) is 0 Å². The van der Waals surface area contributed by atoms with Gasteiger partial charge in [-0.2, -0.15) is 0 Å². The summed E-state index contributed by atoms with van der Waals surface area (Å²) in [6.45, 7) is 1.26. The van der Waals surface area contributed by atoms with E-state index in [1.54, 1.807) is 12.1 Å². The van der Waals surface area contributed by atoms with Crippen LogP contribution in [-0.4, -0.2) is 43.9 Å². The Balaban J connectivity index is 1.96. The normalized spacial score (nSPS) is 18.1. The quantitative estimate of drug-likeness (QED) is 0.797. The number of amides is 1. The third-order valence-electron chi connectivity index (χ3n) is 4.22. The minimum Gasteiger partial charge on any atom is -0.481 e. The number of carbonyl (C=O) groups is 2. The molecular weight excluding hydrogens is 298 g/mol. The van der Waals surface area contributed by atoms with E-state index in [1.807, 2.05) is 18.2 Å². The van der Waals surface area contributed by atoms with E-state index < -0.39 is 18.0 Å². The van der Waals surface area contributed by atoms with E-state index in [4.69, 9.17) is 9.47 Å². The monoisotopic (exact) mass is 321 g/mol. The van der Waals surface area contributed by atoms with E-state index >= 15 is 0 Å². The fourth-order valence-corrected chi connectivity index (χ4v) is 2.90. The predicted octanol–water partition coefficient (Wildman–Crippen LogP) is 1.62. The number of hydrogen-bond donors (Lipinski definition) is 2. The summed E-state index contributed by atoms with van der Waals surface area (Å²) in [4.78, 5) is 23.8. The molecule has 2 atom stereocenters. The van der Waals surface area contributed by atoms with Gasteiger partial charge in [-0.15, -0.1) is 0 Å². The van der Waals surface area contributed by atoms with Crippen molar-refractivity contribution >= 4 is 11.9 Å². The molecule has 6 heteroatoms.